The summed E-state index contributed by atoms with van der Waals surface area (Å²) in [5, 5.41) is 5.35. The van der Waals surface area contributed by atoms with Crippen molar-refractivity contribution < 1.29 is 4.79 Å². The van der Waals surface area contributed by atoms with E-state index in [-0.39, 0.29) is 5.91 Å². The molecule has 116 valence electrons. The van der Waals surface area contributed by atoms with Crippen LogP contribution in [0.2, 0.25) is 0 Å². The maximum absolute atomic E-state index is 12.6. The predicted molar refractivity (Wildman–Crippen MR) is 85.1 cm³/mol. The molecule has 1 aromatic heterocycles. The zero-order valence-electron chi connectivity index (χ0n) is 13.2. The van der Waals surface area contributed by atoms with Gasteiger partial charge in [-0.1, -0.05) is 13.3 Å². The number of aromatic nitrogens is 1. The minimum Gasteiger partial charge on any atom is -0.383 e. The number of rotatable bonds is 5. The average molecular weight is 290 g/mol. The van der Waals surface area contributed by atoms with Crippen molar-refractivity contribution >= 4 is 11.6 Å². The Morgan fingerprint density at radius 3 is 2.76 bits per heavy atom. The van der Waals surface area contributed by atoms with E-state index >= 15 is 0 Å². The van der Waals surface area contributed by atoms with Crippen molar-refractivity contribution in [2.75, 3.05) is 11.9 Å². The number of carbonyl (C=O) groups excluding carboxylic acids is 1. The summed E-state index contributed by atoms with van der Waals surface area (Å²) in [6.07, 6.45) is 7.87. The fraction of sp³-hybridized carbons (Fsp3) is 0.625. The molecule has 0 aliphatic carbocycles. The first kappa shape index (κ1) is 15.8. The maximum Gasteiger partial charge on any atom is 0.267 e. The highest BCUT2D eigenvalue weighted by atomic mass is 16.2. The van der Waals surface area contributed by atoms with Crippen molar-refractivity contribution in [1.29, 1.82) is 0 Å². The van der Waals surface area contributed by atoms with Crippen molar-refractivity contribution in [3.8, 4) is 0 Å². The van der Waals surface area contributed by atoms with E-state index in [0.717, 1.165) is 31.5 Å². The molecule has 1 aliphatic heterocycles. The van der Waals surface area contributed by atoms with E-state index in [0.29, 0.717) is 17.6 Å². The second-order valence-electron chi connectivity index (χ2n) is 5.83. The van der Waals surface area contributed by atoms with Crippen LogP contribution in [0.15, 0.2) is 18.5 Å². The fourth-order valence-electron chi connectivity index (χ4n) is 2.81. The molecule has 0 saturated carbocycles. The summed E-state index contributed by atoms with van der Waals surface area (Å²) in [4.78, 5) is 16.7. The Labute approximate surface area is 127 Å². The molecule has 5 nitrogen and oxygen atoms in total. The standard InChI is InChI=1S/C16H26N4O/c1-4-9-18-15-11-17-10-8-14(15)16(21)19-20-12(2)6-5-7-13(20)3/h8,10-13,18H,4-7,9H2,1-3H3,(H,19,21). The van der Waals surface area contributed by atoms with Gasteiger partial charge in [0.15, 0.2) is 0 Å². The van der Waals surface area contributed by atoms with Crippen LogP contribution in [0.25, 0.3) is 0 Å². The highest BCUT2D eigenvalue weighted by molar-refractivity contribution is 5.99. The molecule has 1 aromatic rings. The third kappa shape index (κ3) is 3.94. The Kier molecular flexibility index (Phi) is 5.56. The Bertz CT molecular complexity index is 467. The second-order valence-corrected chi connectivity index (χ2v) is 5.83. The number of pyridine rings is 1. The molecule has 0 spiro atoms. The molecule has 0 radical (unpaired) electrons. The summed E-state index contributed by atoms with van der Waals surface area (Å²) < 4.78 is 0. The summed E-state index contributed by atoms with van der Waals surface area (Å²) >= 11 is 0. The molecule has 2 rings (SSSR count). The minimum atomic E-state index is -0.0587. The largest absolute Gasteiger partial charge is 0.383 e. The lowest BCUT2D eigenvalue weighted by Gasteiger charge is -2.38. The SMILES string of the molecule is CCCNc1cnccc1C(=O)NN1C(C)CCCC1C. The van der Waals surface area contributed by atoms with Crippen LogP contribution in [-0.2, 0) is 0 Å². The molecule has 1 aliphatic rings. The number of carbonyl (C=O) groups is 1. The van der Waals surface area contributed by atoms with Gasteiger partial charge in [0.05, 0.1) is 17.4 Å². The van der Waals surface area contributed by atoms with Gasteiger partial charge in [0, 0.05) is 24.8 Å². The molecule has 2 atom stereocenters. The van der Waals surface area contributed by atoms with Crippen molar-refractivity contribution in [1.82, 2.24) is 15.4 Å². The Morgan fingerprint density at radius 2 is 2.10 bits per heavy atom. The predicted octanol–water partition coefficient (Wildman–Crippen LogP) is 2.81. The number of hydrazine groups is 1. The highest BCUT2D eigenvalue weighted by Crippen LogP contribution is 2.21. The van der Waals surface area contributed by atoms with Gasteiger partial charge in [-0.05, 0) is 39.2 Å². The molecule has 1 fully saturated rings. The molecular weight excluding hydrogens is 264 g/mol. The average Bonchev–Trinajstić information content (AvgIpc) is 2.49. The van der Waals surface area contributed by atoms with Gasteiger partial charge in [0.1, 0.15) is 0 Å². The quantitative estimate of drug-likeness (QED) is 0.875. The van der Waals surface area contributed by atoms with Crippen LogP contribution in [0.4, 0.5) is 5.69 Å². The van der Waals surface area contributed by atoms with Gasteiger partial charge in [0.25, 0.3) is 5.91 Å². The summed E-state index contributed by atoms with van der Waals surface area (Å²) in [5.41, 5.74) is 4.53. The van der Waals surface area contributed by atoms with Crippen LogP contribution in [0.5, 0.6) is 0 Å². The number of piperidine rings is 1. The molecule has 21 heavy (non-hydrogen) atoms. The second kappa shape index (κ2) is 7.41. The molecule has 1 saturated heterocycles. The number of anilines is 1. The topological polar surface area (TPSA) is 57.3 Å². The number of hydrogen-bond acceptors (Lipinski definition) is 4. The summed E-state index contributed by atoms with van der Waals surface area (Å²) in [7, 11) is 0. The maximum atomic E-state index is 12.6. The number of amides is 1. The van der Waals surface area contributed by atoms with E-state index in [1.165, 1.54) is 6.42 Å². The lowest BCUT2D eigenvalue weighted by atomic mass is 10.00. The van der Waals surface area contributed by atoms with Gasteiger partial charge >= 0.3 is 0 Å². The van der Waals surface area contributed by atoms with Crippen LogP contribution in [-0.4, -0.2) is 34.5 Å². The third-order valence-corrected chi connectivity index (χ3v) is 4.06. The Balaban J connectivity index is 2.09. The van der Waals surface area contributed by atoms with Crippen LogP contribution >= 0.6 is 0 Å². The number of nitrogens with zero attached hydrogens (tertiary/aromatic N) is 2. The zero-order valence-corrected chi connectivity index (χ0v) is 13.2. The van der Waals surface area contributed by atoms with E-state index in [9.17, 15) is 4.79 Å². The molecule has 2 N–H and O–H groups in total. The summed E-state index contributed by atoms with van der Waals surface area (Å²) in [6, 6.07) is 2.53. The molecule has 0 bridgehead atoms. The summed E-state index contributed by atoms with van der Waals surface area (Å²) in [5.74, 6) is -0.0587. The minimum absolute atomic E-state index is 0.0587. The van der Waals surface area contributed by atoms with Crippen molar-refractivity contribution in [3.63, 3.8) is 0 Å². The van der Waals surface area contributed by atoms with Crippen LogP contribution < -0.4 is 10.7 Å². The first-order chi connectivity index (χ1) is 10.1. The van der Waals surface area contributed by atoms with Crippen molar-refractivity contribution in [3.05, 3.63) is 24.0 Å². The van der Waals surface area contributed by atoms with Crippen molar-refractivity contribution in [2.24, 2.45) is 0 Å². The first-order valence-corrected chi connectivity index (χ1v) is 7.90. The van der Waals surface area contributed by atoms with Gasteiger partial charge in [0.2, 0.25) is 0 Å². The number of nitrogens with one attached hydrogen (secondary N) is 2. The monoisotopic (exact) mass is 290 g/mol. The highest BCUT2D eigenvalue weighted by Gasteiger charge is 2.26. The normalized spacial score (nSPS) is 22.8. The zero-order chi connectivity index (χ0) is 15.2. The molecule has 1 amide bonds. The van der Waals surface area contributed by atoms with E-state index in [1.54, 1.807) is 18.5 Å². The van der Waals surface area contributed by atoms with Crippen molar-refractivity contribution in [2.45, 2.75) is 58.5 Å². The number of hydrogen-bond donors (Lipinski definition) is 2. The van der Waals surface area contributed by atoms with Crippen LogP contribution in [0.3, 0.4) is 0 Å². The van der Waals surface area contributed by atoms with Gasteiger partial charge in [-0.15, -0.1) is 0 Å². The van der Waals surface area contributed by atoms with E-state index in [2.05, 4.69) is 41.5 Å². The molecule has 2 unspecified atom stereocenters. The fourth-order valence-corrected chi connectivity index (χ4v) is 2.81. The molecule has 5 heteroatoms. The van der Waals surface area contributed by atoms with Crippen LogP contribution in [0.1, 0.15) is 56.8 Å². The smallest absolute Gasteiger partial charge is 0.267 e. The Hall–Kier alpha value is -1.62. The van der Waals surface area contributed by atoms with E-state index in [1.807, 2.05) is 0 Å². The first-order valence-electron chi connectivity index (χ1n) is 7.90. The van der Waals surface area contributed by atoms with Gasteiger partial charge in [-0.25, -0.2) is 5.01 Å². The molecular formula is C16H26N4O. The van der Waals surface area contributed by atoms with Crippen LogP contribution in [0, 0.1) is 0 Å². The van der Waals surface area contributed by atoms with E-state index in [4.69, 9.17) is 0 Å². The Morgan fingerprint density at radius 1 is 1.38 bits per heavy atom. The van der Waals surface area contributed by atoms with Gasteiger partial charge in [-0.2, -0.15) is 0 Å². The lowest BCUT2D eigenvalue weighted by molar-refractivity contribution is 0.0370. The lowest BCUT2D eigenvalue weighted by Crippen LogP contribution is -2.54. The molecule has 2 heterocycles. The van der Waals surface area contributed by atoms with E-state index < -0.39 is 0 Å². The summed E-state index contributed by atoms with van der Waals surface area (Å²) in [6.45, 7) is 7.26. The third-order valence-electron chi connectivity index (χ3n) is 4.06. The van der Waals surface area contributed by atoms with Gasteiger partial charge < -0.3 is 5.32 Å². The molecule has 0 aromatic carbocycles. The van der Waals surface area contributed by atoms with Gasteiger partial charge in [-0.3, -0.25) is 15.2 Å².